The van der Waals surface area contributed by atoms with E-state index in [4.69, 9.17) is 9.47 Å². The summed E-state index contributed by atoms with van der Waals surface area (Å²) in [5, 5.41) is 0.284. The first-order chi connectivity index (χ1) is 11.7. The van der Waals surface area contributed by atoms with Crippen LogP contribution >= 0.6 is 11.8 Å². The van der Waals surface area contributed by atoms with Crippen LogP contribution in [-0.4, -0.2) is 54.8 Å². The zero-order valence-electron chi connectivity index (χ0n) is 13.4. The molecule has 0 spiro atoms. The lowest BCUT2D eigenvalue weighted by Gasteiger charge is -2.14. The summed E-state index contributed by atoms with van der Waals surface area (Å²) in [6.45, 7) is 1.61. The Morgan fingerprint density at radius 3 is 3.04 bits per heavy atom. The smallest absolute Gasteiger partial charge is 0.315 e. The third-order valence-electron chi connectivity index (χ3n) is 3.94. The van der Waals surface area contributed by atoms with Crippen LogP contribution in [0.4, 0.5) is 0 Å². The number of carbonyl (C=O) groups excluding carboxylic acids is 2. The summed E-state index contributed by atoms with van der Waals surface area (Å²) in [4.78, 5) is 25.2. The quantitative estimate of drug-likeness (QED) is 0.598. The standard InChI is InChI=1S/C17H19NO5S/c1-21-17(20)10-24-13-6-7-18(9-13)16(19)5-3-12-2-4-14-15(8-12)23-11-22-14/h2-5,8,13H,6-7,9-11H2,1H3/b5-3+. The Morgan fingerprint density at radius 1 is 1.38 bits per heavy atom. The van der Waals surface area contributed by atoms with Gasteiger partial charge >= 0.3 is 5.97 Å². The van der Waals surface area contributed by atoms with Crippen LogP contribution in [0.15, 0.2) is 24.3 Å². The summed E-state index contributed by atoms with van der Waals surface area (Å²) < 4.78 is 15.2. The first-order valence-electron chi connectivity index (χ1n) is 7.71. The number of fused-ring (bicyclic) bond motifs is 1. The van der Waals surface area contributed by atoms with Gasteiger partial charge in [0, 0.05) is 24.4 Å². The predicted molar refractivity (Wildman–Crippen MR) is 91.1 cm³/mol. The Hall–Kier alpha value is -2.15. The van der Waals surface area contributed by atoms with Crippen LogP contribution in [0.2, 0.25) is 0 Å². The summed E-state index contributed by atoms with van der Waals surface area (Å²) in [5.74, 6) is 1.51. The van der Waals surface area contributed by atoms with Gasteiger partial charge in [-0.2, -0.15) is 0 Å². The second-order valence-electron chi connectivity index (χ2n) is 5.53. The molecule has 3 rings (SSSR count). The largest absolute Gasteiger partial charge is 0.468 e. The van der Waals surface area contributed by atoms with Gasteiger partial charge < -0.3 is 19.1 Å². The van der Waals surface area contributed by atoms with Gasteiger partial charge in [-0.1, -0.05) is 6.07 Å². The summed E-state index contributed by atoms with van der Waals surface area (Å²) in [6, 6.07) is 5.57. The first kappa shape index (κ1) is 16.7. The highest BCUT2D eigenvalue weighted by atomic mass is 32.2. The van der Waals surface area contributed by atoms with Gasteiger partial charge in [0.25, 0.3) is 0 Å². The molecule has 0 N–H and O–H groups in total. The molecule has 1 unspecified atom stereocenters. The van der Waals surface area contributed by atoms with Gasteiger partial charge in [-0.3, -0.25) is 9.59 Å². The molecule has 2 heterocycles. The molecule has 0 radical (unpaired) electrons. The Bertz CT molecular complexity index is 660. The first-order valence-corrected chi connectivity index (χ1v) is 8.75. The van der Waals surface area contributed by atoms with E-state index in [1.54, 1.807) is 28.8 Å². The van der Waals surface area contributed by atoms with Crippen LogP contribution in [0, 0.1) is 0 Å². The molecule has 1 atom stereocenters. The number of nitrogens with zero attached hydrogens (tertiary/aromatic N) is 1. The molecule has 1 fully saturated rings. The van der Waals surface area contributed by atoms with Crippen molar-refractivity contribution in [2.75, 3.05) is 32.7 Å². The van der Waals surface area contributed by atoms with E-state index in [-0.39, 0.29) is 23.9 Å². The number of ether oxygens (including phenoxy) is 3. The molecule has 128 valence electrons. The SMILES string of the molecule is COC(=O)CSC1CCN(C(=O)/C=C/c2ccc3c(c2)OCO3)C1. The second kappa shape index (κ2) is 7.61. The Kier molecular flexibility index (Phi) is 5.30. The average molecular weight is 349 g/mol. The highest BCUT2D eigenvalue weighted by Crippen LogP contribution is 2.32. The van der Waals surface area contributed by atoms with E-state index >= 15 is 0 Å². The highest BCUT2D eigenvalue weighted by molar-refractivity contribution is 8.00. The predicted octanol–water partition coefficient (Wildman–Crippen LogP) is 1.94. The Morgan fingerprint density at radius 2 is 2.21 bits per heavy atom. The fraction of sp³-hybridized carbons (Fsp3) is 0.412. The lowest BCUT2D eigenvalue weighted by Crippen LogP contribution is -2.27. The minimum absolute atomic E-state index is 0.0196. The summed E-state index contributed by atoms with van der Waals surface area (Å²) in [6.07, 6.45) is 4.25. The van der Waals surface area contributed by atoms with Crippen molar-refractivity contribution < 1.29 is 23.8 Å². The van der Waals surface area contributed by atoms with Gasteiger partial charge in [-0.05, 0) is 30.2 Å². The lowest BCUT2D eigenvalue weighted by molar-refractivity contribution is -0.137. The molecule has 0 aromatic heterocycles. The third-order valence-corrected chi connectivity index (χ3v) is 5.19. The number of hydrogen-bond acceptors (Lipinski definition) is 6. The van der Waals surface area contributed by atoms with Crippen molar-refractivity contribution in [1.82, 2.24) is 4.90 Å². The fourth-order valence-corrected chi connectivity index (χ4v) is 3.65. The third kappa shape index (κ3) is 4.03. The van der Waals surface area contributed by atoms with Crippen LogP contribution < -0.4 is 9.47 Å². The van der Waals surface area contributed by atoms with Crippen LogP contribution in [0.1, 0.15) is 12.0 Å². The van der Waals surface area contributed by atoms with Crippen LogP contribution in [-0.2, 0) is 14.3 Å². The fourth-order valence-electron chi connectivity index (χ4n) is 2.60. The van der Waals surface area contributed by atoms with Gasteiger partial charge in [-0.25, -0.2) is 0 Å². The molecule has 24 heavy (non-hydrogen) atoms. The van der Waals surface area contributed by atoms with Crippen LogP contribution in [0.5, 0.6) is 11.5 Å². The van der Waals surface area contributed by atoms with Gasteiger partial charge in [0.1, 0.15) is 0 Å². The molecular formula is C17H19NO5S. The molecule has 6 nitrogen and oxygen atoms in total. The maximum Gasteiger partial charge on any atom is 0.315 e. The molecule has 0 saturated carbocycles. The number of likely N-dealkylation sites (tertiary alicyclic amines) is 1. The van der Waals surface area contributed by atoms with E-state index in [2.05, 4.69) is 4.74 Å². The Labute approximate surface area is 144 Å². The Balaban J connectivity index is 1.51. The van der Waals surface area contributed by atoms with E-state index < -0.39 is 0 Å². The highest BCUT2D eigenvalue weighted by Gasteiger charge is 2.26. The summed E-state index contributed by atoms with van der Waals surface area (Å²) >= 11 is 1.54. The molecule has 0 bridgehead atoms. The van der Waals surface area contributed by atoms with Crippen molar-refractivity contribution in [1.29, 1.82) is 0 Å². The molecule has 1 aromatic carbocycles. The summed E-state index contributed by atoms with van der Waals surface area (Å²) in [7, 11) is 1.38. The minimum Gasteiger partial charge on any atom is -0.468 e. The number of thioether (sulfide) groups is 1. The van der Waals surface area contributed by atoms with E-state index in [0.29, 0.717) is 24.6 Å². The molecule has 1 saturated heterocycles. The molecular weight excluding hydrogens is 330 g/mol. The minimum atomic E-state index is -0.229. The van der Waals surface area contributed by atoms with E-state index in [1.165, 1.54) is 7.11 Å². The normalized spacial score (nSPS) is 19.0. The van der Waals surface area contributed by atoms with Crippen molar-refractivity contribution in [3.63, 3.8) is 0 Å². The van der Waals surface area contributed by atoms with Gasteiger partial charge in [0.15, 0.2) is 11.5 Å². The molecule has 1 amide bonds. The number of amides is 1. The number of esters is 1. The maximum atomic E-state index is 12.3. The zero-order valence-corrected chi connectivity index (χ0v) is 14.2. The topological polar surface area (TPSA) is 65.1 Å². The number of hydrogen-bond donors (Lipinski definition) is 0. The van der Waals surface area contributed by atoms with Gasteiger partial charge in [-0.15, -0.1) is 11.8 Å². The number of rotatable bonds is 5. The van der Waals surface area contributed by atoms with E-state index in [0.717, 1.165) is 17.7 Å². The molecule has 0 aliphatic carbocycles. The molecule has 7 heteroatoms. The molecule has 1 aromatic rings. The average Bonchev–Trinajstić information content (AvgIpc) is 3.26. The number of methoxy groups -OCH3 is 1. The molecule has 2 aliphatic rings. The molecule has 2 aliphatic heterocycles. The lowest BCUT2D eigenvalue weighted by atomic mass is 10.2. The number of benzene rings is 1. The van der Waals surface area contributed by atoms with Crippen molar-refractivity contribution >= 4 is 29.7 Å². The second-order valence-corrected chi connectivity index (χ2v) is 6.82. The zero-order chi connectivity index (χ0) is 16.9. The van der Waals surface area contributed by atoms with E-state index in [9.17, 15) is 9.59 Å². The van der Waals surface area contributed by atoms with Crippen molar-refractivity contribution in [2.24, 2.45) is 0 Å². The monoisotopic (exact) mass is 349 g/mol. The van der Waals surface area contributed by atoms with Crippen molar-refractivity contribution in [3.05, 3.63) is 29.8 Å². The number of carbonyl (C=O) groups is 2. The van der Waals surface area contributed by atoms with E-state index in [1.807, 2.05) is 18.2 Å². The summed E-state index contributed by atoms with van der Waals surface area (Å²) in [5.41, 5.74) is 0.892. The van der Waals surface area contributed by atoms with Crippen LogP contribution in [0.25, 0.3) is 6.08 Å². The van der Waals surface area contributed by atoms with Crippen molar-refractivity contribution in [3.8, 4) is 11.5 Å². The van der Waals surface area contributed by atoms with Crippen molar-refractivity contribution in [2.45, 2.75) is 11.7 Å². The van der Waals surface area contributed by atoms with Gasteiger partial charge in [0.05, 0.1) is 12.9 Å². The van der Waals surface area contributed by atoms with Gasteiger partial charge in [0.2, 0.25) is 12.7 Å². The maximum absolute atomic E-state index is 12.3. The van der Waals surface area contributed by atoms with Crippen LogP contribution in [0.3, 0.4) is 0 Å².